The molecule has 0 fully saturated rings. The predicted octanol–water partition coefficient (Wildman–Crippen LogP) is 5.47. The number of aromatic nitrogens is 2. The Morgan fingerprint density at radius 2 is 1.56 bits per heavy atom. The lowest BCUT2D eigenvalue weighted by molar-refractivity contribution is 0.975. The van der Waals surface area contributed by atoms with Crippen LogP contribution in [0.4, 0.5) is 0 Å². The first-order valence-corrected chi connectivity index (χ1v) is 8.84. The zero-order valence-corrected chi connectivity index (χ0v) is 15.3. The molecule has 0 spiro atoms. The van der Waals surface area contributed by atoms with Gasteiger partial charge in [-0.1, -0.05) is 39.7 Å². The van der Waals surface area contributed by atoms with Crippen molar-refractivity contribution in [3.63, 3.8) is 0 Å². The van der Waals surface area contributed by atoms with Gasteiger partial charge in [-0.05, 0) is 60.7 Å². The van der Waals surface area contributed by atoms with Crippen LogP contribution in [0.25, 0.3) is 28.0 Å². The molecule has 3 nitrogen and oxygen atoms in total. The average molecular weight is 412 g/mol. The lowest BCUT2D eigenvalue weighted by Gasteiger charge is -2.14. The highest BCUT2D eigenvalue weighted by Gasteiger charge is 2.14. The van der Waals surface area contributed by atoms with Crippen LogP contribution in [0.5, 0.6) is 0 Å². The van der Waals surface area contributed by atoms with Crippen LogP contribution in [-0.4, -0.2) is 9.55 Å². The van der Waals surface area contributed by atoms with E-state index in [0.29, 0.717) is 21.7 Å². The monoisotopic (exact) mass is 410 g/mol. The summed E-state index contributed by atoms with van der Waals surface area (Å²) < 4.78 is 2.59. The summed E-state index contributed by atoms with van der Waals surface area (Å²) in [7, 11) is 0. The third-order valence-electron chi connectivity index (χ3n) is 3.96. The highest BCUT2D eigenvalue weighted by molar-refractivity contribution is 9.10. The van der Waals surface area contributed by atoms with Crippen LogP contribution in [-0.2, 0) is 0 Å². The Kier molecular flexibility index (Phi) is 4.15. The molecule has 1 heterocycles. The molecule has 0 amide bonds. The van der Waals surface area contributed by atoms with Crippen molar-refractivity contribution < 1.29 is 0 Å². The zero-order chi connectivity index (χ0) is 17.4. The van der Waals surface area contributed by atoms with E-state index >= 15 is 0 Å². The fourth-order valence-corrected chi connectivity index (χ4v) is 3.15. The molecule has 0 N–H and O–H groups in total. The van der Waals surface area contributed by atoms with Gasteiger partial charge in [0.25, 0.3) is 5.56 Å². The van der Waals surface area contributed by atoms with Gasteiger partial charge in [0.2, 0.25) is 0 Å². The van der Waals surface area contributed by atoms with Crippen LogP contribution in [0.15, 0.2) is 82.1 Å². The lowest BCUT2D eigenvalue weighted by atomic mass is 10.1. The second kappa shape index (κ2) is 6.47. The van der Waals surface area contributed by atoms with E-state index in [2.05, 4.69) is 15.9 Å². The molecular formula is C20H12BrClN2O. The van der Waals surface area contributed by atoms with Gasteiger partial charge in [-0.3, -0.25) is 9.36 Å². The maximum absolute atomic E-state index is 13.2. The molecule has 122 valence electrons. The van der Waals surface area contributed by atoms with Crippen molar-refractivity contribution in [2.75, 3.05) is 0 Å². The molecule has 25 heavy (non-hydrogen) atoms. The number of halogens is 2. The van der Waals surface area contributed by atoms with Crippen molar-refractivity contribution in [2.24, 2.45) is 0 Å². The molecule has 1 aromatic heterocycles. The number of para-hydroxylation sites is 1. The average Bonchev–Trinajstić information content (AvgIpc) is 2.63. The first-order chi connectivity index (χ1) is 12.1. The Labute approximate surface area is 157 Å². The van der Waals surface area contributed by atoms with Crippen molar-refractivity contribution in [3.8, 4) is 17.1 Å². The second-order valence-corrected chi connectivity index (χ2v) is 6.93. The van der Waals surface area contributed by atoms with E-state index in [9.17, 15) is 4.79 Å². The molecule has 0 aliphatic carbocycles. The van der Waals surface area contributed by atoms with Crippen molar-refractivity contribution >= 4 is 38.4 Å². The van der Waals surface area contributed by atoms with Crippen LogP contribution < -0.4 is 5.56 Å². The molecule has 4 aromatic rings. The number of hydrogen-bond donors (Lipinski definition) is 0. The third kappa shape index (κ3) is 2.99. The van der Waals surface area contributed by atoms with Crippen LogP contribution in [0.3, 0.4) is 0 Å². The fraction of sp³-hybridized carbons (Fsp3) is 0. The third-order valence-corrected chi connectivity index (χ3v) is 4.74. The normalized spacial score (nSPS) is 11.0. The lowest BCUT2D eigenvalue weighted by Crippen LogP contribution is -2.21. The van der Waals surface area contributed by atoms with E-state index in [-0.39, 0.29) is 5.56 Å². The Morgan fingerprint density at radius 1 is 0.880 bits per heavy atom. The first kappa shape index (κ1) is 16.1. The molecular weight excluding hydrogens is 400 g/mol. The minimum Gasteiger partial charge on any atom is -0.268 e. The number of hydrogen-bond acceptors (Lipinski definition) is 2. The smallest absolute Gasteiger partial charge is 0.266 e. The highest BCUT2D eigenvalue weighted by Crippen LogP contribution is 2.24. The van der Waals surface area contributed by atoms with Crippen molar-refractivity contribution in [1.82, 2.24) is 9.55 Å². The van der Waals surface area contributed by atoms with Crippen molar-refractivity contribution in [2.45, 2.75) is 0 Å². The number of fused-ring (bicyclic) bond motifs is 1. The molecule has 5 heteroatoms. The van der Waals surface area contributed by atoms with Crippen LogP contribution in [0, 0.1) is 0 Å². The van der Waals surface area contributed by atoms with Gasteiger partial charge in [0, 0.05) is 15.1 Å². The van der Waals surface area contributed by atoms with E-state index in [1.54, 1.807) is 22.8 Å². The largest absolute Gasteiger partial charge is 0.268 e. The summed E-state index contributed by atoms with van der Waals surface area (Å²) in [5.41, 5.74) is 2.16. The Morgan fingerprint density at radius 3 is 2.28 bits per heavy atom. The molecule has 0 saturated heterocycles. The summed E-state index contributed by atoms with van der Waals surface area (Å²) in [4.78, 5) is 17.9. The summed E-state index contributed by atoms with van der Waals surface area (Å²) in [6.07, 6.45) is 0. The minimum atomic E-state index is -0.0992. The summed E-state index contributed by atoms with van der Waals surface area (Å²) >= 11 is 9.44. The van der Waals surface area contributed by atoms with Gasteiger partial charge in [0.05, 0.1) is 16.6 Å². The van der Waals surface area contributed by atoms with Crippen LogP contribution in [0.2, 0.25) is 5.02 Å². The summed E-state index contributed by atoms with van der Waals surface area (Å²) in [5, 5.41) is 1.23. The molecule has 0 radical (unpaired) electrons. The standard InChI is InChI=1S/C20H12BrClN2O/c21-14-7-11-16(12-8-14)24-19(13-5-9-15(22)10-6-13)23-18-4-2-1-3-17(18)20(24)25/h1-12H. The van der Waals surface area contributed by atoms with E-state index < -0.39 is 0 Å². The van der Waals surface area contributed by atoms with Gasteiger partial charge in [-0.15, -0.1) is 0 Å². The summed E-state index contributed by atoms with van der Waals surface area (Å²) in [5.74, 6) is 0.586. The Bertz CT molecular complexity index is 1120. The van der Waals surface area contributed by atoms with E-state index in [1.165, 1.54) is 0 Å². The minimum absolute atomic E-state index is 0.0992. The van der Waals surface area contributed by atoms with E-state index in [0.717, 1.165) is 15.7 Å². The first-order valence-electron chi connectivity index (χ1n) is 7.67. The summed E-state index contributed by atoms with van der Waals surface area (Å²) in [6.45, 7) is 0. The predicted molar refractivity (Wildman–Crippen MR) is 105 cm³/mol. The van der Waals surface area contributed by atoms with Gasteiger partial charge >= 0.3 is 0 Å². The molecule has 0 unspecified atom stereocenters. The molecule has 0 atom stereocenters. The van der Waals surface area contributed by atoms with Crippen molar-refractivity contribution in [1.29, 1.82) is 0 Å². The number of benzene rings is 3. The second-order valence-electron chi connectivity index (χ2n) is 5.58. The van der Waals surface area contributed by atoms with E-state index in [1.807, 2.05) is 54.6 Å². The maximum atomic E-state index is 13.2. The van der Waals surface area contributed by atoms with Gasteiger partial charge < -0.3 is 0 Å². The molecule has 0 aliphatic heterocycles. The number of nitrogens with zero attached hydrogens (tertiary/aromatic N) is 2. The van der Waals surface area contributed by atoms with Gasteiger partial charge in [0.1, 0.15) is 5.82 Å². The molecule has 3 aromatic carbocycles. The Balaban J connectivity index is 2.09. The highest BCUT2D eigenvalue weighted by atomic mass is 79.9. The molecule has 0 saturated carbocycles. The quantitative estimate of drug-likeness (QED) is 0.438. The topological polar surface area (TPSA) is 34.9 Å². The SMILES string of the molecule is O=c1c2ccccc2nc(-c2ccc(Cl)cc2)n1-c1ccc(Br)cc1. The summed E-state index contributed by atoms with van der Waals surface area (Å²) in [6, 6.07) is 22.3. The van der Waals surface area contributed by atoms with Gasteiger partial charge in [-0.2, -0.15) is 0 Å². The molecule has 4 rings (SSSR count). The zero-order valence-electron chi connectivity index (χ0n) is 13.0. The van der Waals surface area contributed by atoms with Gasteiger partial charge in [0.15, 0.2) is 0 Å². The Hall–Kier alpha value is -2.43. The van der Waals surface area contributed by atoms with Gasteiger partial charge in [-0.25, -0.2) is 4.98 Å². The molecule has 0 bridgehead atoms. The van der Waals surface area contributed by atoms with Crippen molar-refractivity contribution in [3.05, 3.63) is 92.6 Å². The molecule has 0 aliphatic rings. The number of rotatable bonds is 2. The van der Waals surface area contributed by atoms with Crippen LogP contribution >= 0.6 is 27.5 Å². The van der Waals surface area contributed by atoms with E-state index in [4.69, 9.17) is 16.6 Å². The maximum Gasteiger partial charge on any atom is 0.266 e. The van der Waals surface area contributed by atoms with Crippen LogP contribution in [0.1, 0.15) is 0 Å². The fourth-order valence-electron chi connectivity index (χ4n) is 2.76.